The Bertz CT molecular complexity index is 1270. The van der Waals surface area contributed by atoms with Crippen molar-refractivity contribution >= 4 is 34.3 Å². The second-order valence-corrected chi connectivity index (χ2v) is 7.53. The Hall–Kier alpha value is -3.37. The van der Waals surface area contributed by atoms with Gasteiger partial charge in [-0.1, -0.05) is 48.2 Å². The summed E-state index contributed by atoms with van der Waals surface area (Å²) in [6.45, 7) is 1.00. The van der Waals surface area contributed by atoms with E-state index in [1.165, 1.54) is 16.4 Å². The molecule has 0 unspecified atom stereocenters. The lowest BCUT2D eigenvalue weighted by molar-refractivity contribution is -0.763. The summed E-state index contributed by atoms with van der Waals surface area (Å²) in [7, 11) is 1.60. The van der Waals surface area contributed by atoms with Crippen molar-refractivity contribution in [2.75, 3.05) is 19.5 Å². The highest BCUT2D eigenvalue weighted by Crippen LogP contribution is 2.44. The van der Waals surface area contributed by atoms with E-state index in [-0.39, 0.29) is 17.5 Å². The van der Waals surface area contributed by atoms with E-state index < -0.39 is 0 Å². The van der Waals surface area contributed by atoms with Crippen molar-refractivity contribution < 1.29 is 19.0 Å². The molecule has 5 rings (SSSR count). The highest BCUT2D eigenvalue weighted by molar-refractivity contribution is 7.99. The number of benzene rings is 2. The SMILES string of the molecule is COCC[n+]1cc(/N=C(/[O-])CSc2nnc3c(n2)-c2cccc4cccc-3c24)on1. The molecule has 0 bridgehead atoms. The summed E-state index contributed by atoms with van der Waals surface area (Å²) in [4.78, 5) is 8.56. The smallest absolute Gasteiger partial charge is 0.320 e. The standard InChI is InChI=1S/C20H16N6O3S/c1-28-9-8-26-10-16(29-25-26)21-15(27)11-30-20-22-18-13-6-2-4-12-5-3-7-14(17(12)13)19(18)23-24-20/h2-7,10H,8-9,11H2,1H3. The molecule has 0 saturated carbocycles. The normalized spacial score (nSPS) is 12.5. The van der Waals surface area contributed by atoms with Crippen molar-refractivity contribution in [3.8, 4) is 22.5 Å². The average molecular weight is 420 g/mol. The van der Waals surface area contributed by atoms with Crippen LogP contribution in [0, 0.1) is 0 Å². The first-order valence-corrected chi connectivity index (χ1v) is 10.2. The minimum absolute atomic E-state index is 0.0659. The molecule has 0 amide bonds. The maximum Gasteiger partial charge on any atom is 0.320 e. The molecule has 0 aliphatic heterocycles. The van der Waals surface area contributed by atoms with Crippen LogP contribution in [0.25, 0.3) is 33.3 Å². The predicted octanol–water partition coefficient (Wildman–Crippen LogP) is 1.78. The van der Waals surface area contributed by atoms with Crippen molar-refractivity contribution in [2.24, 2.45) is 4.99 Å². The van der Waals surface area contributed by atoms with Crippen molar-refractivity contribution in [1.82, 2.24) is 20.5 Å². The van der Waals surface area contributed by atoms with Crippen LogP contribution in [0.2, 0.25) is 0 Å². The van der Waals surface area contributed by atoms with E-state index in [1.807, 2.05) is 24.3 Å². The van der Waals surface area contributed by atoms with Gasteiger partial charge in [-0.3, -0.25) is 4.52 Å². The number of aliphatic imine (C=N–C) groups is 1. The number of hydrogen-bond donors (Lipinski definition) is 0. The Labute approximate surface area is 175 Å². The number of methoxy groups -OCH3 is 1. The van der Waals surface area contributed by atoms with Crippen LogP contribution in [0.5, 0.6) is 0 Å². The molecule has 1 aliphatic rings. The third-order valence-corrected chi connectivity index (χ3v) is 5.49. The number of ether oxygens (including phenoxy) is 1. The van der Waals surface area contributed by atoms with Crippen LogP contribution < -0.4 is 9.79 Å². The number of aromatic nitrogens is 5. The number of fused-ring (bicyclic) bond motifs is 3. The van der Waals surface area contributed by atoms with Crippen LogP contribution in [0.15, 0.2) is 57.3 Å². The molecule has 1 aliphatic carbocycles. The van der Waals surface area contributed by atoms with Gasteiger partial charge in [0.2, 0.25) is 17.0 Å². The number of thioether (sulfide) groups is 1. The van der Waals surface area contributed by atoms with Gasteiger partial charge in [0.15, 0.2) is 0 Å². The summed E-state index contributed by atoms with van der Waals surface area (Å²) < 4.78 is 11.5. The highest BCUT2D eigenvalue weighted by atomic mass is 32.2. The summed E-state index contributed by atoms with van der Waals surface area (Å²) in [5.74, 6) is -0.160. The molecule has 0 fully saturated rings. The van der Waals surface area contributed by atoms with Crippen LogP contribution in [-0.2, 0) is 11.3 Å². The van der Waals surface area contributed by atoms with Gasteiger partial charge >= 0.3 is 5.88 Å². The van der Waals surface area contributed by atoms with E-state index in [9.17, 15) is 5.11 Å². The summed E-state index contributed by atoms with van der Waals surface area (Å²) in [6.07, 6.45) is 1.55. The van der Waals surface area contributed by atoms with Crippen molar-refractivity contribution in [3.05, 3.63) is 42.6 Å². The van der Waals surface area contributed by atoms with E-state index in [0.29, 0.717) is 18.3 Å². The zero-order valence-corrected chi connectivity index (χ0v) is 16.8. The van der Waals surface area contributed by atoms with Crippen LogP contribution in [0.3, 0.4) is 0 Å². The van der Waals surface area contributed by atoms with Gasteiger partial charge in [0, 0.05) is 29.4 Å². The van der Waals surface area contributed by atoms with Crippen LogP contribution in [0.4, 0.5) is 5.88 Å². The van der Waals surface area contributed by atoms with Gasteiger partial charge < -0.3 is 9.84 Å². The summed E-state index contributed by atoms with van der Waals surface area (Å²) in [5.41, 5.74) is 3.63. The van der Waals surface area contributed by atoms with Crippen molar-refractivity contribution in [3.63, 3.8) is 0 Å². The molecule has 0 radical (unpaired) electrons. The number of rotatable bonds is 7. The third-order valence-electron chi connectivity index (χ3n) is 4.67. The lowest BCUT2D eigenvalue weighted by atomic mass is 10.0. The third kappa shape index (κ3) is 3.40. The van der Waals surface area contributed by atoms with Gasteiger partial charge in [-0.2, -0.15) is 0 Å². The minimum Gasteiger partial charge on any atom is -0.861 e. The van der Waals surface area contributed by atoms with Crippen molar-refractivity contribution in [1.29, 1.82) is 0 Å². The first-order chi connectivity index (χ1) is 14.7. The monoisotopic (exact) mass is 420 g/mol. The molecule has 0 N–H and O–H groups in total. The Morgan fingerprint density at radius 1 is 1.17 bits per heavy atom. The van der Waals surface area contributed by atoms with E-state index in [4.69, 9.17) is 9.26 Å². The van der Waals surface area contributed by atoms with E-state index in [2.05, 4.69) is 37.6 Å². The fourth-order valence-corrected chi connectivity index (χ4v) is 3.94. The summed E-state index contributed by atoms with van der Waals surface area (Å²) >= 11 is 1.19. The Morgan fingerprint density at radius 2 is 1.97 bits per heavy atom. The fraction of sp³-hybridized carbons (Fsp3) is 0.200. The second kappa shape index (κ2) is 7.81. The Morgan fingerprint density at radius 3 is 2.77 bits per heavy atom. The molecule has 4 aromatic rings. The van der Waals surface area contributed by atoms with E-state index in [0.717, 1.165) is 33.3 Å². The second-order valence-electron chi connectivity index (χ2n) is 6.59. The maximum absolute atomic E-state index is 12.2. The molecule has 30 heavy (non-hydrogen) atoms. The number of nitrogens with zero attached hydrogens (tertiary/aromatic N) is 6. The van der Waals surface area contributed by atoms with Crippen LogP contribution >= 0.6 is 11.8 Å². The lowest BCUT2D eigenvalue weighted by Gasteiger charge is -2.07. The van der Waals surface area contributed by atoms with Gasteiger partial charge in [-0.15, -0.1) is 10.2 Å². The van der Waals surface area contributed by atoms with E-state index in [1.54, 1.807) is 13.3 Å². The Kier molecular flexibility index (Phi) is 4.85. The Balaban J connectivity index is 1.33. The molecule has 0 spiro atoms. The topological polar surface area (TPSA) is 113 Å². The molecule has 9 nitrogen and oxygen atoms in total. The molecule has 2 aromatic carbocycles. The highest BCUT2D eigenvalue weighted by Gasteiger charge is 2.24. The van der Waals surface area contributed by atoms with E-state index >= 15 is 0 Å². The van der Waals surface area contributed by atoms with Crippen LogP contribution in [0.1, 0.15) is 0 Å². The largest absolute Gasteiger partial charge is 0.861 e. The lowest BCUT2D eigenvalue weighted by Crippen LogP contribution is -2.36. The minimum atomic E-state index is -0.371. The zero-order chi connectivity index (χ0) is 20.5. The van der Waals surface area contributed by atoms with Gasteiger partial charge in [0.25, 0.3) is 6.20 Å². The predicted molar refractivity (Wildman–Crippen MR) is 108 cm³/mol. The first-order valence-electron chi connectivity index (χ1n) is 9.23. The van der Waals surface area contributed by atoms with Gasteiger partial charge in [0.1, 0.15) is 18.0 Å². The zero-order valence-electron chi connectivity index (χ0n) is 16.0. The summed E-state index contributed by atoms with van der Waals surface area (Å²) in [5, 5.41) is 27.2. The maximum atomic E-state index is 12.2. The molecular formula is C20H16N6O3S. The van der Waals surface area contributed by atoms with Gasteiger partial charge in [0.05, 0.1) is 0 Å². The molecular weight excluding hydrogens is 404 g/mol. The summed E-state index contributed by atoms with van der Waals surface area (Å²) in [6, 6.07) is 12.2. The molecule has 2 aromatic heterocycles. The molecule has 2 heterocycles. The molecule has 0 atom stereocenters. The molecule has 0 saturated heterocycles. The molecule has 10 heteroatoms. The quantitative estimate of drug-likeness (QED) is 0.169. The average Bonchev–Trinajstić information content (AvgIpc) is 3.35. The first kappa shape index (κ1) is 18.6. The van der Waals surface area contributed by atoms with Gasteiger partial charge in [-0.05, 0) is 16.0 Å². The van der Waals surface area contributed by atoms with Gasteiger partial charge in [-0.25, -0.2) is 9.98 Å². The van der Waals surface area contributed by atoms with Crippen LogP contribution in [-0.4, -0.2) is 45.8 Å². The van der Waals surface area contributed by atoms with Crippen molar-refractivity contribution in [2.45, 2.75) is 11.7 Å². The number of hydrogen-bond acceptors (Lipinski definition) is 9. The fourth-order valence-electron chi connectivity index (χ4n) is 3.37. The molecule has 150 valence electrons.